The van der Waals surface area contributed by atoms with E-state index in [9.17, 15) is 9.00 Å². The minimum atomic E-state index is -0.889. The van der Waals surface area contributed by atoms with E-state index in [4.69, 9.17) is 4.74 Å². The molecule has 0 radical (unpaired) electrons. The topological polar surface area (TPSA) is 55.4 Å². The fourth-order valence-corrected chi connectivity index (χ4v) is 6.60. The van der Waals surface area contributed by atoms with Crippen molar-refractivity contribution in [1.29, 1.82) is 0 Å². The van der Waals surface area contributed by atoms with Crippen molar-refractivity contribution >= 4 is 22.4 Å². The lowest BCUT2D eigenvalue weighted by Gasteiger charge is -2.38. The molecule has 1 aromatic carbocycles. The highest BCUT2D eigenvalue weighted by atomic mass is 32.2. The first-order valence-corrected chi connectivity index (χ1v) is 12.0. The molecule has 4 nitrogen and oxygen atoms in total. The summed E-state index contributed by atoms with van der Waals surface area (Å²) in [5.74, 6) is 1.79. The number of carbonyl (C=O) groups is 1. The average molecular weight is 406 g/mol. The second-order valence-corrected chi connectivity index (χ2v) is 11.3. The van der Waals surface area contributed by atoms with E-state index in [2.05, 4.69) is 26.1 Å². The maximum absolute atomic E-state index is 12.6. The zero-order valence-corrected chi connectivity index (χ0v) is 18.4. The number of hydrogen-bond donors (Lipinski definition) is 1. The van der Waals surface area contributed by atoms with Crippen molar-refractivity contribution in [3.05, 3.63) is 29.8 Å². The first-order chi connectivity index (χ1) is 13.3. The lowest BCUT2D eigenvalue weighted by Crippen LogP contribution is -2.30. The van der Waals surface area contributed by atoms with Crippen LogP contribution >= 0.6 is 0 Å². The van der Waals surface area contributed by atoms with Crippen molar-refractivity contribution < 1.29 is 13.7 Å². The van der Waals surface area contributed by atoms with Crippen LogP contribution in [0.25, 0.3) is 0 Å². The molecule has 156 valence electrons. The lowest BCUT2D eigenvalue weighted by atomic mass is 9.67. The van der Waals surface area contributed by atoms with Gasteiger partial charge in [0, 0.05) is 47.1 Å². The van der Waals surface area contributed by atoms with E-state index in [1.54, 1.807) is 0 Å². The van der Waals surface area contributed by atoms with Gasteiger partial charge in [-0.25, -0.2) is 0 Å². The fourth-order valence-electron chi connectivity index (χ4n) is 5.13. The summed E-state index contributed by atoms with van der Waals surface area (Å²) in [5.41, 5.74) is 2.17. The number of hydrogen-bond acceptors (Lipinski definition) is 3. The van der Waals surface area contributed by atoms with Gasteiger partial charge in [-0.15, -0.1) is 0 Å². The van der Waals surface area contributed by atoms with Crippen molar-refractivity contribution in [2.45, 2.75) is 70.3 Å². The quantitative estimate of drug-likeness (QED) is 0.732. The van der Waals surface area contributed by atoms with E-state index in [0.29, 0.717) is 42.6 Å². The Hall–Kier alpha value is -1.20. The first kappa shape index (κ1) is 21.5. The van der Waals surface area contributed by atoms with Crippen LogP contribution in [0.4, 0.5) is 5.69 Å². The van der Waals surface area contributed by atoms with Crippen LogP contribution in [0.3, 0.4) is 0 Å². The Morgan fingerprint density at radius 1 is 1.25 bits per heavy atom. The van der Waals surface area contributed by atoms with Crippen molar-refractivity contribution in [2.75, 3.05) is 18.5 Å². The van der Waals surface area contributed by atoms with E-state index in [-0.39, 0.29) is 11.2 Å². The lowest BCUT2D eigenvalue weighted by molar-refractivity contribution is -0.117. The summed E-state index contributed by atoms with van der Waals surface area (Å²) in [6.45, 7) is 8.35. The second kappa shape index (κ2) is 9.53. The van der Waals surface area contributed by atoms with E-state index in [1.165, 1.54) is 6.42 Å². The van der Waals surface area contributed by atoms with Crippen molar-refractivity contribution in [1.82, 2.24) is 0 Å². The normalized spacial score (nSPS) is 26.5. The van der Waals surface area contributed by atoms with Crippen LogP contribution in [0.5, 0.6) is 0 Å². The Morgan fingerprint density at radius 2 is 2.00 bits per heavy atom. The number of carbonyl (C=O) groups excluding carboxylic acids is 1. The molecule has 1 aliphatic heterocycles. The van der Waals surface area contributed by atoms with Gasteiger partial charge in [-0.1, -0.05) is 32.9 Å². The molecule has 1 saturated carbocycles. The van der Waals surface area contributed by atoms with Gasteiger partial charge in [0.05, 0.1) is 0 Å². The molecule has 2 fully saturated rings. The third kappa shape index (κ3) is 6.41. The van der Waals surface area contributed by atoms with Crippen LogP contribution in [-0.2, 0) is 26.1 Å². The largest absolute Gasteiger partial charge is 0.381 e. The molecule has 28 heavy (non-hydrogen) atoms. The molecule has 0 bridgehead atoms. The van der Waals surface area contributed by atoms with Crippen LogP contribution in [-0.4, -0.2) is 28.6 Å². The Labute approximate surface area is 172 Å². The molecule has 3 rings (SSSR count). The summed E-state index contributed by atoms with van der Waals surface area (Å²) in [5, 5.41) is 3.29. The third-order valence-corrected chi connectivity index (χ3v) is 7.84. The predicted molar refractivity (Wildman–Crippen MR) is 116 cm³/mol. The molecule has 5 heteroatoms. The van der Waals surface area contributed by atoms with Gasteiger partial charge >= 0.3 is 0 Å². The molecule has 0 spiro atoms. The molecule has 1 heterocycles. The molecule has 1 N–H and O–H groups in total. The summed E-state index contributed by atoms with van der Waals surface area (Å²) >= 11 is 0. The minimum Gasteiger partial charge on any atom is -0.381 e. The molecule has 0 aromatic heterocycles. The molecule has 1 saturated heterocycles. The second-order valence-electron chi connectivity index (χ2n) is 9.57. The van der Waals surface area contributed by atoms with Gasteiger partial charge in [-0.05, 0) is 67.1 Å². The van der Waals surface area contributed by atoms with Crippen LogP contribution in [0, 0.1) is 17.3 Å². The molecule has 1 aliphatic carbocycles. The Bertz CT molecular complexity index is 697. The number of benzene rings is 1. The first-order valence-electron chi connectivity index (χ1n) is 10.6. The van der Waals surface area contributed by atoms with Crippen molar-refractivity contribution in [3.63, 3.8) is 0 Å². The zero-order chi connectivity index (χ0) is 20.1. The number of ether oxygens (including phenoxy) is 1. The van der Waals surface area contributed by atoms with Gasteiger partial charge in [-0.2, -0.15) is 0 Å². The van der Waals surface area contributed by atoms with Crippen LogP contribution in [0.2, 0.25) is 0 Å². The Balaban J connectivity index is 1.53. The molecule has 1 amide bonds. The third-order valence-electron chi connectivity index (χ3n) is 6.01. The molecule has 1 aromatic rings. The van der Waals surface area contributed by atoms with Gasteiger partial charge < -0.3 is 10.1 Å². The number of nitrogens with one attached hydrogen (secondary N) is 1. The minimum absolute atomic E-state index is 0.0950. The van der Waals surface area contributed by atoms with E-state index < -0.39 is 10.8 Å². The van der Waals surface area contributed by atoms with Crippen LogP contribution < -0.4 is 5.32 Å². The van der Waals surface area contributed by atoms with Gasteiger partial charge in [0.15, 0.2) is 0 Å². The van der Waals surface area contributed by atoms with Gasteiger partial charge in [0.1, 0.15) is 0 Å². The highest BCUT2D eigenvalue weighted by Crippen LogP contribution is 2.42. The molecule has 2 aliphatic rings. The summed E-state index contributed by atoms with van der Waals surface area (Å²) < 4.78 is 18.0. The zero-order valence-electron chi connectivity index (χ0n) is 17.5. The maximum atomic E-state index is 12.6. The van der Waals surface area contributed by atoms with Crippen LogP contribution in [0.15, 0.2) is 24.3 Å². The van der Waals surface area contributed by atoms with E-state index >= 15 is 0 Å². The summed E-state index contributed by atoms with van der Waals surface area (Å²) in [6.07, 6.45) is 5.84. The SMILES string of the molecule is CC1CC(CC(=O)Nc2cccc(CS(=O)C3CCOCC3)c2)CC(C)(C)C1. The Morgan fingerprint density at radius 3 is 2.71 bits per heavy atom. The summed E-state index contributed by atoms with van der Waals surface area (Å²) in [6, 6.07) is 7.84. The van der Waals surface area contributed by atoms with E-state index in [0.717, 1.165) is 36.9 Å². The Kier molecular flexibility index (Phi) is 7.32. The number of anilines is 1. The number of rotatable bonds is 6. The fraction of sp³-hybridized carbons (Fsp3) is 0.696. The molecule has 3 atom stereocenters. The highest BCUT2D eigenvalue weighted by molar-refractivity contribution is 7.84. The summed E-state index contributed by atoms with van der Waals surface area (Å²) in [4.78, 5) is 12.6. The molecular formula is C23H35NO3S. The predicted octanol–water partition coefficient (Wildman–Crippen LogP) is 4.91. The smallest absolute Gasteiger partial charge is 0.224 e. The monoisotopic (exact) mass is 405 g/mol. The maximum Gasteiger partial charge on any atom is 0.224 e. The average Bonchev–Trinajstić information content (AvgIpc) is 2.60. The molecule has 3 unspecified atom stereocenters. The van der Waals surface area contributed by atoms with Crippen molar-refractivity contribution in [2.24, 2.45) is 17.3 Å². The summed E-state index contributed by atoms with van der Waals surface area (Å²) in [7, 11) is -0.889. The standard InChI is InChI=1S/C23H35NO3S/c1-17-11-19(15-23(2,3)14-17)13-22(25)24-20-6-4-5-18(12-20)16-28(26)21-7-9-27-10-8-21/h4-6,12,17,19,21H,7-11,13-16H2,1-3H3,(H,24,25). The van der Waals surface area contributed by atoms with Crippen molar-refractivity contribution in [3.8, 4) is 0 Å². The molecular weight excluding hydrogens is 370 g/mol. The highest BCUT2D eigenvalue weighted by Gasteiger charge is 2.32. The number of amides is 1. The van der Waals surface area contributed by atoms with Gasteiger partial charge in [-0.3, -0.25) is 9.00 Å². The van der Waals surface area contributed by atoms with Crippen LogP contribution in [0.1, 0.15) is 64.9 Å². The van der Waals surface area contributed by atoms with Gasteiger partial charge in [0.25, 0.3) is 0 Å². The van der Waals surface area contributed by atoms with Gasteiger partial charge in [0.2, 0.25) is 5.91 Å². The van der Waals surface area contributed by atoms with E-state index in [1.807, 2.05) is 24.3 Å².